The van der Waals surface area contributed by atoms with Crippen LogP contribution >= 0.6 is 11.6 Å². The van der Waals surface area contributed by atoms with Crippen LogP contribution in [0, 0.1) is 11.3 Å². The Morgan fingerprint density at radius 2 is 1.95 bits per heavy atom. The molecule has 0 aromatic heterocycles. The molecule has 2 amide bonds. The van der Waals surface area contributed by atoms with Crippen LogP contribution in [0.4, 0.5) is 18.9 Å². The number of rotatable bonds is 2. The van der Waals surface area contributed by atoms with Crippen LogP contribution in [0.25, 0.3) is 0 Å². The first-order valence-corrected chi connectivity index (χ1v) is 5.46. The second kappa shape index (κ2) is 6.25. The van der Waals surface area contributed by atoms with E-state index in [9.17, 15) is 22.8 Å². The number of halogens is 4. The third-order valence-corrected chi connectivity index (χ3v) is 2.39. The molecule has 1 aromatic rings. The summed E-state index contributed by atoms with van der Waals surface area (Å²) in [6, 6.07) is 3.87. The molecule has 0 aliphatic carbocycles. The van der Waals surface area contributed by atoms with Crippen LogP contribution in [-0.2, 0) is 15.8 Å². The zero-order valence-corrected chi connectivity index (χ0v) is 10.5. The number of anilines is 1. The lowest BCUT2D eigenvalue weighted by molar-refractivity contribution is -0.137. The molecule has 2 N–H and O–H groups in total. The maximum absolute atomic E-state index is 12.4. The SMILES string of the molecule is N#CCNC(=O)C(=O)Nc1ccc(C(F)(F)F)cc1Cl. The Morgan fingerprint density at radius 1 is 1.30 bits per heavy atom. The number of alkyl halides is 3. The van der Waals surface area contributed by atoms with Gasteiger partial charge in [0.15, 0.2) is 0 Å². The maximum atomic E-state index is 12.4. The highest BCUT2D eigenvalue weighted by Crippen LogP contribution is 2.33. The fourth-order valence-corrected chi connectivity index (χ4v) is 1.40. The van der Waals surface area contributed by atoms with E-state index in [1.807, 2.05) is 10.6 Å². The van der Waals surface area contributed by atoms with Crippen molar-refractivity contribution in [1.82, 2.24) is 5.32 Å². The number of hydrogen-bond donors (Lipinski definition) is 2. The van der Waals surface area contributed by atoms with E-state index < -0.39 is 23.6 Å². The van der Waals surface area contributed by atoms with Crippen LogP contribution in [0.15, 0.2) is 18.2 Å². The van der Waals surface area contributed by atoms with Crippen LogP contribution in [0.5, 0.6) is 0 Å². The third-order valence-electron chi connectivity index (χ3n) is 2.08. The highest BCUT2D eigenvalue weighted by Gasteiger charge is 2.31. The van der Waals surface area contributed by atoms with Crippen LogP contribution in [-0.4, -0.2) is 18.4 Å². The predicted octanol–water partition coefficient (Wildman–Crippen LogP) is 1.94. The number of amides is 2. The van der Waals surface area contributed by atoms with E-state index in [1.54, 1.807) is 6.07 Å². The first-order valence-electron chi connectivity index (χ1n) is 5.08. The molecular formula is C11H7ClF3N3O2. The lowest BCUT2D eigenvalue weighted by Gasteiger charge is -2.10. The molecule has 1 aromatic carbocycles. The Hall–Kier alpha value is -2.27. The van der Waals surface area contributed by atoms with Crippen LogP contribution in [0.1, 0.15) is 5.56 Å². The molecule has 106 valence electrons. The van der Waals surface area contributed by atoms with Crippen molar-refractivity contribution in [3.8, 4) is 6.07 Å². The minimum atomic E-state index is -4.56. The summed E-state index contributed by atoms with van der Waals surface area (Å²) < 4.78 is 37.2. The molecule has 0 spiro atoms. The Labute approximate surface area is 116 Å². The topological polar surface area (TPSA) is 82.0 Å². The quantitative estimate of drug-likeness (QED) is 0.647. The number of carbonyl (C=O) groups is 2. The van der Waals surface area contributed by atoms with Crippen molar-refractivity contribution >= 4 is 29.1 Å². The molecule has 1 rings (SSSR count). The van der Waals surface area contributed by atoms with Gasteiger partial charge in [-0.15, -0.1) is 0 Å². The maximum Gasteiger partial charge on any atom is 0.416 e. The van der Waals surface area contributed by atoms with Gasteiger partial charge in [-0.05, 0) is 18.2 Å². The number of nitriles is 1. The molecule has 0 radical (unpaired) electrons. The molecule has 20 heavy (non-hydrogen) atoms. The highest BCUT2D eigenvalue weighted by molar-refractivity contribution is 6.41. The summed E-state index contributed by atoms with van der Waals surface area (Å²) >= 11 is 5.59. The van der Waals surface area contributed by atoms with Gasteiger partial charge in [0.2, 0.25) is 0 Å². The summed E-state index contributed by atoms with van der Waals surface area (Å²) in [5, 5.41) is 11.9. The van der Waals surface area contributed by atoms with Gasteiger partial charge in [0, 0.05) is 0 Å². The van der Waals surface area contributed by atoms with Gasteiger partial charge in [-0.1, -0.05) is 11.6 Å². The van der Waals surface area contributed by atoms with E-state index in [2.05, 4.69) is 0 Å². The Bertz CT molecular complexity index is 581. The Kier molecular flexibility index (Phi) is 4.94. The van der Waals surface area contributed by atoms with Crippen LogP contribution in [0.3, 0.4) is 0 Å². The van der Waals surface area contributed by atoms with Gasteiger partial charge in [-0.2, -0.15) is 18.4 Å². The Morgan fingerprint density at radius 3 is 2.45 bits per heavy atom. The van der Waals surface area contributed by atoms with Crippen molar-refractivity contribution in [2.45, 2.75) is 6.18 Å². The Balaban J connectivity index is 2.82. The van der Waals surface area contributed by atoms with Crippen LogP contribution < -0.4 is 10.6 Å². The van der Waals surface area contributed by atoms with Crippen molar-refractivity contribution < 1.29 is 22.8 Å². The molecule has 0 aliphatic rings. The van der Waals surface area contributed by atoms with Crippen LogP contribution in [0.2, 0.25) is 5.02 Å². The number of benzene rings is 1. The second-order valence-electron chi connectivity index (χ2n) is 3.49. The van der Waals surface area contributed by atoms with Crippen molar-refractivity contribution in [3.05, 3.63) is 28.8 Å². The van der Waals surface area contributed by atoms with Crippen molar-refractivity contribution in [2.24, 2.45) is 0 Å². The minimum Gasteiger partial charge on any atom is -0.335 e. The molecule has 0 unspecified atom stereocenters. The monoisotopic (exact) mass is 305 g/mol. The zero-order valence-electron chi connectivity index (χ0n) is 9.71. The average molecular weight is 306 g/mol. The highest BCUT2D eigenvalue weighted by atomic mass is 35.5. The first-order chi connectivity index (χ1) is 9.25. The lowest BCUT2D eigenvalue weighted by atomic mass is 10.2. The second-order valence-corrected chi connectivity index (χ2v) is 3.89. The molecule has 0 atom stereocenters. The summed E-state index contributed by atoms with van der Waals surface area (Å²) in [6.07, 6.45) is -4.56. The van der Waals surface area contributed by atoms with E-state index in [4.69, 9.17) is 16.9 Å². The number of hydrogen-bond acceptors (Lipinski definition) is 3. The van der Waals surface area contributed by atoms with E-state index in [1.165, 1.54) is 0 Å². The summed E-state index contributed by atoms with van der Waals surface area (Å²) in [6.45, 7) is -0.368. The van der Waals surface area contributed by atoms with Gasteiger partial charge in [-0.25, -0.2) is 0 Å². The van der Waals surface area contributed by atoms with Gasteiger partial charge in [-0.3, -0.25) is 9.59 Å². The predicted molar refractivity (Wildman–Crippen MR) is 63.7 cm³/mol. The molecule has 0 saturated heterocycles. The summed E-state index contributed by atoms with van der Waals surface area (Å²) in [4.78, 5) is 22.5. The number of nitrogens with one attached hydrogen (secondary N) is 2. The molecule has 0 saturated carbocycles. The molecule has 5 nitrogen and oxygen atoms in total. The van der Waals surface area contributed by atoms with E-state index in [-0.39, 0.29) is 17.3 Å². The van der Waals surface area contributed by atoms with E-state index in [0.717, 1.165) is 6.07 Å². The zero-order chi connectivity index (χ0) is 15.3. The number of nitrogens with zero attached hydrogens (tertiary/aromatic N) is 1. The fourth-order valence-electron chi connectivity index (χ4n) is 1.17. The van der Waals surface area contributed by atoms with E-state index >= 15 is 0 Å². The molecule has 0 fully saturated rings. The molecule has 0 aliphatic heterocycles. The van der Waals surface area contributed by atoms with Crippen molar-refractivity contribution in [3.63, 3.8) is 0 Å². The number of carbonyl (C=O) groups excluding carboxylic acids is 2. The molecule has 9 heteroatoms. The molecule has 0 heterocycles. The van der Waals surface area contributed by atoms with Gasteiger partial charge in [0.25, 0.3) is 0 Å². The van der Waals surface area contributed by atoms with Gasteiger partial charge < -0.3 is 10.6 Å². The first kappa shape index (κ1) is 15.8. The third kappa shape index (κ3) is 4.13. The molecule has 0 bridgehead atoms. The summed E-state index contributed by atoms with van der Waals surface area (Å²) in [5.41, 5.74) is -1.12. The normalized spacial score (nSPS) is 10.6. The molecular weight excluding hydrogens is 299 g/mol. The summed E-state index contributed by atoms with van der Waals surface area (Å²) in [5.74, 6) is -2.23. The smallest absolute Gasteiger partial charge is 0.335 e. The van der Waals surface area contributed by atoms with Gasteiger partial charge >= 0.3 is 18.0 Å². The van der Waals surface area contributed by atoms with Crippen molar-refractivity contribution in [2.75, 3.05) is 11.9 Å². The standard InChI is InChI=1S/C11H7ClF3N3O2/c12-7-5-6(11(13,14)15)1-2-8(7)18-10(20)9(19)17-4-3-16/h1-2,5H,4H2,(H,17,19)(H,18,20). The van der Waals surface area contributed by atoms with Gasteiger partial charge in [0.05, 0.1) is 22.3 Å². The lowest BCUT2D eigenvalue weighted by Crippen LogP contribution is -2.35. The van der Waals surface area contributed by atoms with Crippen molar-refractivity contribution in [1.29, 1.82) is 5.26 Å². The fraction of sp³-hybridized carbons (Fsp3) is 0.182. The van der Waals surface area contributed by atoms with E-state index in [0.29, 0.717) is 12.1 Å². The average Bonchev–Trinajstić information content (AvgIpc) is 2.36. The minimum absolute atomic E-state index is 0.142. The summed E-state index contributed by atoms with van der Waals surface area (Å²) in [7, 11) is 0. The largest absolute Gasteiger partial charge is 0.416 e. The van der Waals surface area contributed by atoms with Gasteiger partial charge in [0.1, 0.15) is 6.54 Å².